The van der Waals surface area contributed by atoms with E-state index in [9.17, 15) is 4.79 Å². The largest absolute Gasteiger partial charge is 0.337 e. The van der Waals surface area contributed by atoms with Crippen LogP contribution in [0.15, 0.2) is 61.3 Å². The second kappa shape index (κ2) is 11.0. The normalized spacial score (nSPS) is 17.6. The Labute approximate surface area is 205 Å². The fourth-order valence-electron chi connectivity index (χ4n) is 4.47. The van der Waals surface area contributed by atoms with Gasteiger partial charge in [0.2, 0.25) is 0 Å². The Morgan fingerprint density at radius 1 is 1.18 bits per heavy atom. The van der Waals surface area contributed by atoms with Crippen LogP contribution in [0.5, 0.6) is 0 Å². The van der Waals surface area contributed by atoms with Gasteiger partial charge in [-0.1, -0.05) is 45.6 Å². The zero-order valence-electron chi connectivity index (χ0n) is 21.6. The predicted octanol–water partition coefficient (Wildman–Crippen LogP) is 6.18. The molecular formula is C30H39N3O. The molecule has 1 aromatic carbocycles. The predicted molar refractivity (Wildman–Crippen MR) is 144 cm³/mol. The smallest absolute Gasteiger partial charge is 0.253 e. The molecule has 0 bridgehead atoms. The number of allylic oxidation sites excluding steroid dienone is 5. The van der Waals surface area contributed by atoms with E-state index < -0.39 is 0 Å². The second-order valence-corrected chi connectivity index (χ2v) is 10.1. The molecule has 4 nitrogen and oxygen atoms in total. The third-order valence-corrected chi connectivity index (χ3v) is 6.60. The maximum absolute atomic E-state index is 13.1. The van der Waals surface area contributed by atoms with Gasteiger partial charge in [-0.25, -0.2) is 0 Å². The summed E-state index contributed by atoms with van der Waals surface area (Å²) < 4.78 is 0. The summed E-state index contributed by atoms with van der Waals surface area (Å²) in [6.45, 7) is 16.3. The first-order chi connectivity index (χ1) is 16.2. The molecule has 1 saturated heterocycles. The van der Waals surface area contributed by atoms with Crippen molar-refractivity contribution in [2.45, 2.75) is 58.9 Å². The number of pyridine rings is 1. The number of aryl methyl sites for hydroxylation is 1. The number of carbonyl (C=O) groups excluding carboxylic acids is 1. The van der Waals surface area contributed by atoms with Gasteiger partial charge in [0.05, 0.1) is 0 Å². The van der Waals surface area contributed by atoms with Gasteiger partial charge < -0.3 is 10.2 Å². The van der Waals surface area contributed by atoms with E-state index in [0.717, 1.165) is 65.0 Å². The van der Waals surface area contributed by atoms with E-state index in [1.165, 1.54) is 0 Å². The number of likely N-dealkylation sites (N-methyl/N-ethyl adjacent to an activating group) is 1. The molecule has 180 valence electrons. The van der Waals surface area contributed by atoms with Crippen molar-refractivity contribution < 1.29 is 4.79 Å². The monoisotopic (exact) mass is 457 g/mol. The van der Waals surface area contributed by atoms with Crippen molar-refractivity contribution in [3.8, 4) is 0 Å². The van der Waals surface area contributed by atoms with Crippen LogP contribution in [0.2, 0.25) is 0 Å². The third kappa shape index (κ3) is 5.92. The molecule has 3 rings (SSSR count). The van der Waals surface area contributed by atoms with Crippen LogP contribution in [0.3, 0.4) is 0 Å². The van der Waals surface area contributed by atoms with Crippen LogP contribution in [-0.2, 0) is 5.41 Å². The number of hydrogen-bond donors (Lipinski definition) is 1. The maximum atomic E-state index is 13.1. The van der Waals surface area contributed by atoms with E-state index >= 15 is 0 Å². The molecule has 2 heterocycles. The van der Waals surface area contributed by atoms with Crippen molar-refractivity contribution in [1.29, 1.82) is 0 Å². The molecule has 0 spiro atoms. The first kappa shape index (κ1) is 25.6. The quantitative estimate of drug-likeness (QED) is 0.527. The first-order valence-corrected chi connectivity index (χ1v) is 12.2. The molecule has 1 aliphatic heterocycles. The van der Waals surface area contributed by atoms with Crippen LogP contribution in [0.25, 0.3) is 11.1 Å². The van der Waals surface area contributed by atoms with Gasteiger partial charge in [0, 0.05) is 42.0 Å². The zero-order chi connectivity index (χ0) is 24.9. The van der Waals surface area contributed by atoms with Gasteiger partial charge in [-0.05, 0) is 91.9 Å². The van der Waals surface area contributed by atoms with Gasteiger partial charge in [0.15, 0.2) is 0 Å². The highest BCUT2D eigenvalue weighted by Crippen LogP contribution is 2.29. The van der Waals surface area contributed by atoms with Crippen molar-refractivity contribution >= 4 is 17.1 Å². The van der Waals surface area contributed by atoms with E-state index in [0.29, 0.717) is 6.04 Å². The molecule has 0 saturated carbocycles. The Hall–Kier alpha value is -2.98. The minimum atomic E-state index is -0.0135. The number of nitrogens with zero attached hydrogens (tertiary/aromatic N) is 2. The summed E-state index contributed by atoms with van der Waals surface area (Å²) in [5, 5.41) is 3.31. The Balaban J connectivity index is 1.89. The molecule has 34 heavy (non-hydrogen) atoms. The summed E-state index contributed by atoms with van der Waals surface area (Å²) in [6, 6.07) is 10.6. The fourth-order valence-corrected chi connectivity index (χ4v) is 4.47. The lowest BCUT2D eigenvalue weighted by Gasteiger charge is -2.32. The Morgan fingerprint density at radius 2 is 1.94 bits per heavy atom. The first-order valence-electron chi connectivity index (χ1n) is 12.2. The summed E-state index contributed by atoms with van der Waals surface area (Å²) in [6.07, 6.45) is 10.2. The summed E-state index contributed by atoms with van der Waals surface area (Å²) in [5.41, 5.74) is 7.24. The highest BCUT2D eigenvalue weighted by molar-refractivity contribution is 5.96. The number of aromatic nitrogens is 1. The SMILES string of the molecule is C=C/C(=C\C(=C/C)c1ccnc(C(C)(C)C)c1)c1ccc(C(=O)N2CCCC(NC)C2)cc1C. The average molecular weight is 458 g/mol. The van der Waals surface area contributed by atoms with Gasteiger partial charge >= 0.3 is 0 Å². The number of benzene rings is 1. The lowest BCUT2D eigenvalue weighted by atomic mass is 9.89. The minimum Gasteiger partial charge on any atom is -0.337 e. The molecular weight excluding hydrogens is 418 g/mol. The second-order valence-electron chi connectivity index (χ2n) is 10.1. The summed E-state index contributed by atoms with van der Waals surface area (Å²) in [5.74, 6) is 0.111. The zero-order valence-corrected chi connectivity index (χ0v) is 21.6. The highest BCUT2D eigenvalue weighted by atomic mass is 16.2. The Morgan fingerprint density at radius 3 is 2.56 bits per heavy atom. The van der Waals surface area contributed by atoms with Crippen LogP contribution in [-0.4, -0.2) is 42.0 Å². The lowest BCUT2D eigenvalue weighted by Crippen LogP contribution is -2.46. The molecule has 1 unspecified atom stereocenters. The number of rotatable bonds is 6. The number of nitrogens with one attached hydrogen (secondary N) is 1. The maximum Gasteiger partial charge on any atom is 0.253 e. The van der Waals surface area contributed by atoms with Crippen molar-refractivity contribution in [3.05, 3.63) is 89.3 Å². The fraction of sp³-hybridized carbons (Fsp3) is 0.400. The average Bonchev–Trinajstić information content (AvgIpc) is 2.84. The molecule has 0 radical (unpaired) electrons. The van der Waals surface area contributed by atoms with Crippen LogP contribution in [0, 0.1) is 6.92 Å². The van der Waals surface area contributed by atoms with Crippen LogP contribution >= 0.6 is 0 Å². The van der Waals surface area contributed by atoms with Crippen LogP contribution in [0.1, 0.15) is 73.3 Å². The molecule has 1 aliphatic rings. The van der Waals surface area contributed by atoms with Crippen LogP contribution in [0.4, 0.5) is 0 Å². The summed E-state index contributed by atoms with van der Waals surface area (Å²) >= 11 is 0. The van der Waals surface area contributed by atoms with E-state index in [1.807, 2.05) is 42.4 Å². The number of amides is 1. The third-order valence-electron chi connectivity index (χ3n) is 6.60. The van der Waals surface area contributed by atoms with E-state index in [1.54, 1.807) is 0 Å². The number of carbonyl (C=O) groups is 1. The van der Waals surface area contributed by atoms with Crippen LogP contribution < -0.4 is 5.32 Å². The van der Waals surface area contributed by atoms with Crippen molar-refractivity contribution in [1.82, 2.24) is 15.2 Å². The Bertz CT molecular complexity index is 1100. The molecule has 1 aromatic heterocycles. The lowest BCUT2D eigenvalue weighted by molar-refractivity contribution is 0.0698. The van der Waals surface area contributed by atoms with E-state index in [2.05, 4.69) is 75.8 Å². The van der Waals surface area contributed by atoms with Gasteiger partial charge in [-0.2, -0.15) is 0 Å². The van der Waals surface area contributed by atoms with Gasteiger partial charge in [-0.3, -0.25) is 9.78 Å². The van der Waals surface area contributed by atoms with Gasteiger partial charge in [0.1, 0.15) is 0 Å². The molecule has 1 fully saturated rings. The van der Waals surface area contributed by atoms with E-state index in [-0.39, 0.29) is 11.3 Å². The van der Waals surface area contributed by atoms with Crippen molar-refractivity contribution in [2.24, 2.45) is 0 Å². The molecule has 0 aliphatic carbocycles. The number of piperidine rings is 1. The van der Waals surface area contributed by atoms with Crippen molar-refractivity contribution in [2.75, 3.05) is 20.1 Å². The van der Waals surface area contributed by atoms with Gasteiger partial charge in [-0.15, -0.1) is 0 Å². The Kier molecular flexibility index (Phi) is 8.27. The molecule has 2 aromatic rings. The summed E-state index contributed by atoms with van der Waals surface area (Å²) in [7, 11) is 1.97. The molecule has 1 N–H and O–H groups in total. The molecule has 1 atom stereocenters. The van der Waals surface area contributed by atoms with E-state index in [4.69, 9.17) is 0 Å². The van der Waals surface area contributed by atoms with Gasteiger partial charge in [0.25, 0.3) is 5.91 Å². The number of likely N-dealkylation sites (tertiary alicyclic amines) is 1. The van der Waals surface area contributed by atoms with Crippen molar-refractivity contribution in [3.63, 3.8) is 0 Å². The minimum absolute atomic E-state index is 0.0135. The number of hydrogen-bond acceptors (Lipinski definition) is 3. The molecule has 4 heteroatoms. The summed E-state index contributed by atoms with van der Waals surface area (Å²) in [4.78, 5) is 19.7. The highest BCUT2D eigenvalue weighted by Gasteiger charge is 2.24. The standard InChI is InChI=1S/C30H39N3O/c1-8-22(24-14-15-32-28(19-24)30(4,5)6)18-23(9-2)27-13-12-25(17-21(27)3)29(34)33-16-10-11-26(20-33)31-7/h8-9,12-15,17-19,26,31H,2,10-11,16,20H2,1,3-7H3/b22-8+,23-18+. The molecule has 1 amide bonds. The topological polar surface area (TPSA) is 45.2 Å².